The molecule has 2 N–H and O–H groups in total. The molecule has 2 atom stereocenters. The number of hydrogen-bond donors (Lipinski definition) is 1. The number of carbonyl (C=O) groups excluding carboxylic acids is 1. The quantitative estimate of drug-likeness (QED) is 0.893. The largest absolute Gasteiger partial charge is 0.493 e. The van der Waals surface area contributed by atoms with Gasteiger partial charge in [-0.3, -0.25) is 4.79 Å². The molecule has 20 heavy (non-hydrogen) atoms. The van der Waals surface area contributed by atoms with Gasteiger partial charge in [0.05, 0.1) is 13.0 Å². The Bertz CT molecular complexity index is 422. The van der Waals surface area contributed by atoms with Crippen LogP contribution in [0.3, 0.4) is 0 Å². The van der Waals surface area contributed by atoms with E-state index in [0.29, 0.717) is 31.4 Å². The highest BCUT2D eigenvalue weighted by molar-refractivity contribution is 5.76. The van der Waals surface area contributed by atoms with E-state index in [1.165, 1.54) is 0 Å². The number of piperidine rings is 1. The molecule has 2 unspecified atom stereocenters. The van der Waals surface area contributed by atoms with E-state index in [9.17, 15) is 4.79 Å². The number of ether oxygens (including phenoxy) is 1. The highest BCUT2D eigenvalue weighted by Gasteiger charge is 2.27. The van der Waals surface area contributed by atoms with Crippen molar-refractivity contribution in [3.63, 3.8) is 0 Å². The van der Waals surface area contributed by atoms with Gasteiger partial charge in [0.1, 0.15) is 5.75 Å². The third-order valence-corrected chi connectivity index (χ3v) is 4.10. The molecule has 1 saturated heterocycles. The number of hydrogen-bond acceptors (Lipinski definition) is 3. The smallest absolute Gasteiger partial charge is 0.226 e. The normalized spacial score (nSPS) is 22.6. The Hall–Kier alpha value is -1.55. The molecule has 0 aromatic heterocycles. The topological polar surface area (TPSA) is 55.6 Å². The van der Waals surface area contributed by atoms with Crippen LogP contribution in [0, 0.1) is 11.8 Å². The van der Waals surface area contributed by atoms with Crippen LogP contribution in [0.2, 0.25) is 0 Å². The molecule has 1 aliphatic rings. The van der Waals surface area contributed by atoms with Gasteiger partial charge in [-0.25, -0.2) is 0 Å². The molecule has 0 saturated carbocycles. The van der Waals surface area contributed by atoms with Crippen LogP contribution in [0.15, 0.2) is 30.3 Å². The van der Waals surface area contributed by atoms with Gasteiger partial charge in [-0.1, -0.05) is 25.1 Å². The Morgan fingerprint density at radius 2 is 2.15 bits per heavy atom. The van der Waals surface area contributed by atoms with E-state index in [2.05, 4.69) is 6.92 Å². The third-order valence-electron chi connectivity index (χ3n) is 4.10. The van der Waals surface area contributed by atoms with Crippen molar-refractivity contribution in [1.29, 1.82) is 0 Å². The highest BCUT2D eigenvalue weighted by Crippen LogP contribution is 2.22. The van der Waals surface area contributed by atoms with E-state index in [4.69, 9.17) is 10.5 Å². The molecule has 1 fully saturated rings. The van der Waals surface area contributed by atoms with Crippen molar-refractivity contribution in [2.24, 2.45) is 17.6 Å². The van der Waals surface area contributed by atoms with Crippen molar-refractivity contribution >= 4 is 5.91 Å². The first-order valence-corrected chi connectivity index (χ1v) is 7.36. The number of likely N-dealkylation sites (tertiary alicyclic amines) is 1. The van der Waals surface area contributed by atoms with Gasteiger partial charge in [0.15, 0.2) is 0 Å². The predicted molar refractivity (Wildman–Crippen MR) is 79.5 cm³/mol. The SMILES string of the molecule is CC1CCN(C(=O)CCOc2ccccc2)CC1CN. The average Bonchev–Trinajstić information content (AvgIpc) is 2.48. The Kier molecular flexibility index (Phi) is 5.41. The lowest BCUT2D eigenvalue weighted by atomic mass is 9.87. The third kappa shape index (κ3) is 3.97. The zero-order valence-electron chi connectivity index (χ0n) is 12.1. The first-order valence-electron chi connectivity index (χ1n) is 7.36. The Labute approximate surface area is 120 Å². The zero-order chi connectivity index (χ0) is 14.4. The summed E-state index contributed by atoms with van der Waals surface area (Å²) in [6.07, 6.45) is 1.48. The van der Waals surface area contributed by atoms with Crippen molar-refractivity contribution in [2.75, 3.05) is 26.2 Å². The minimum Gasteiger partial charge on any atom is -0.493 e. The van der Waals surface area contributed by atoms with E-state index < -0.39 is 0 Å². The van der Waals surface area contributed by atoms with E-state index in [1.54, 1.807) is 0 Å². The number of para-hydroxylation sites is 1. The van der Waals surface area contributed by atoms with Crippen LogP contribution < -0.4 is 10.5 Å². The fourth-order valence-corrected chi connectivity index (χ4v) is 2.61. The molecule has 1 heterocycles. The van der Waals surface area contributed by atoms with Crippen LogP contribution in [0.5, 0.6) is 5.75 Å². The van der Waals surface area contributed by atoms with Crippen molar-refractivity contribution < 1.29 is 9.53 Å². The highest BCUT2D eigenvalue weighted by atomic mass is 16.5. The van der Waals surface area contributed by atoms with Crippen LogP contribution in [0.1, 0.15) is 19.8 Å². The van der Waals surface area contributed by atoms with Gasteiger partial charge in [0.25, 0.3) is 0 Å². The van der Waals surface area contributed by atoms with E-state index in [-0.39, 0.29) is 5.91 Å². The lowest BCUT2D eigenvalue weighted by Crippen LogP contribution is -2.45. The van der Waals surface area contributed by atoms with Gasteiger partial charge in [0, 0.05) is 13.1 Å². The number of nitrogens with zero attached hydrogens (tertiary/aromatic N) is 1. The maximum atomic E-state index is 12.2. The summed E-state index contributed by atoms with van der Waals surface area (Å²) in [4.78, 5) is 14.1. The molecule has 2 rings (SSSR count). The van der Waals surface area contributed by atoms with Gasteiger partial charge < -0.3 is 15.4 Å². The van der Waals surface area contributed by atoms with Gasteiger partial charge in [0.2, 0.25) is 5.91 Å². The van der Waals surface area contributed by atoms with Crippen LogP contribution in [0.4, 0.5) is 0 Å². The minimum absolute atomic E-state index is 0.172. The van der Waals surface area contributed by atoms with E-state index >= 15 is 0 Å². The molecular formula is C16H24N2O2. The zero-order valence-corrected chi connectivity index (χ0v) is 12.1. The maximum absolute atomic E-state index is 12.2. The minimum atomic E-state index is 0.172. The summed E-state index contributed by atoms with van der Waals surface area (Å²) in [5.41, 5.74) is 5.77. The van der Waals surface area contributed by atoms with Crippen LogP contribution in [-0.2, 0) is 4.79 Å². The Morgan fingerprint density at radius 3 is 2.85 bits per heavy atom. The molecular weight excluding hydrogens is 252 g/mol. The molecule has 110 valence electrons. The van der Waals surface area contributed by atoms with Gasteiger partial charge in [-0.2, -0.15) is 0 Å². The fraction of sp³-hybridized carbons (Fsp3) is 0.562. The molecule has 1 aromatic rings. The summed E-state index contributed by atoms with van der Waals surface area (Å²) in [6.45, 7) is 4.95. The van der Waals surface area contributed by atoms with Crippen molar-refractivity contribution in [2.45, 2.75) is 19.8 Å². The fourth-order valence-electron chi connectivity index (χ4n) is 2.61. The van der Waals surface area contributed by atoms with Crippen LogP contribution >= 0.6 is 0 Å². The standard InChI is InChI=1S/C16H24N2O2/c1-13-7-9-18(12-14(13)11-17)16(19)8-10-20-15-5-3-2-4-6-15/h2-6,13-14H,7-12,17H2,1H3. The first-order chi connectivity index (χ1) is 9.70. The molecule has 0 radical (unpaired) electrons. The van der Waals surface area contributed by atoms with E-state index in [1.807, 2.05) is 35.2 Å². The summed E-state index contributed by atoms with van der Waals surface area (Å²) in [7, 11) is 0. The Balaban J connectivity index is 1.75. The molecule has 4 nitrogen and oxygen atoms in total. The number of carbonyl (C=O) groups is 1. The van der Waals surface area contributed by atoms with Crippen molar-refractivity contribution in [1.82, 2.24) is 4.90 Å². The van der Waals surface area contributed by atoms with Crippen molar-refractivity contribution in [3.8, 4) is 5.75 Å². The predicted octanol–water partition coefficient (Wildman–Crippen LogP) is 1.90. The van der Waals surface area contributed by atoms with E-state index in [0.717, 1.165) is 25.3 Å². The summed E-state index contributed by atoms with van der Waals surface area (Å²) < 4.78 is 5.57. The molecule has 4 heteroatoms. The lowest BCUT2D eigenvalue weighted by Gasteiger charge is -2.36. The number of amides is 1. The molecule has 1 amide bonds. The van der Waals surface area contributed by atoms with Crippen LogP contribution in [-0.4, -0.2) is 37.0 Å². The summed E-state index contributed by atoms with van der Waals surface area (Å²) in [5, 5.41) is 0. The van der Waals surface area contributed by atoms with Crippen molar-refractivity contribution in [3.05, 3.63) is 30.3 Å². The molecule has 1 aliphatic heterocycles. The number of benzene rings is 1. The second-order valence-electron chi connectivity index (χ2n) is 5.51. The second-order valence-corrected chi connectivity index (χ2v) is 5.51. The number of rotatable bonds is 5. The average molecular weight is 276 g/mol. The van der Waals surface area contributed by atoms with Gasteiger partial charge in [-0.15, -0.1) is 0 Å². The van der Waals surface area contributed by atoms with Crippen LogP contribution in [0.25, 0.3) is 0 Å². The summed E-state index contributed by atoms with van der Waals surface area (Å²) in [5.74, 6) is 2.03. The molecule has 0 bridgehead atoms. The number of nitrogens with two attached hydrogens (primary N) is 1. The van der Waals surface area contributed by atoms with Gasteiger partial charge >= 0.3 is 0 Å². The molecule has 0 spiro atoms. The maximum Gasteiger partial charge on any atom is 0.226 e. The molecule has 0 aliphatic carbocycles. The first kappa shape index (κ1) is 14.9. The lowest BCUT2D eigenvalue weighted by molar-refractivity contribution is -0.134. The molecule has 1 aromatic carbocycles. The summed E-state index contributed by atoms with van der Waals surface area (Å²) in [6, 6.07) is 9.60. The summed E-state index contributed by atoms with van der Waals surface area (Å²) >= 11 is 0. The second kappa shape index (κ2) is 7.29. The Morgan fingerprint density at radius 1 is 1.40 bits per heavy atom. The monoisotopic (exact) mass is 276 g/mol. The van der Waals surface area contributed by atoms with Gasteiger partial charge in [-0.05, 0) is 36.9 Å².